The Morgan fingerprint density at radius 2 is 2.20 bits per heavy atom. The van der Waals surface area contributed by atoms with Gasteiger partial charge in [-0.3, -0.25) is 4.79 Å². The monoisotopic (exact) mass is 210 g/mol. The van der Waals surface area contributed by atoms with E-state index in [-0.39, 0.29) is 11.8 Å². The molecular formula is C11H18N2O2. The van der Waals surface area contributed by atoms with Crippen molar-refractivity contribution in [1.82, 2.24) is 10.5 Å². The van der Waals surface area contributed by atoms with E-state index in [0.29, 0.717) is 6.54 Å². The van der Waals surface area contributed by atoms with Crippen molar-refractivity contribution in [1.29, 1.82) is 0 Å². The number of carbonyl (C=O) groups is 1. The van der Waals surface area contributed by atoms with Gasteiger partial charge >= 0.3 is 0 Å². The number of carbonyl (C=O) groups excluding carboxylic acids is 1. The molecule has 1 unspecified atom stereocenters. The number of aromatic nitrogens is 1. The van der Waals surface area contributed by atoms with Crippen LogP contribution >= 0.6 is 0 Å². The predicted molar refractivity (Wildman–Crippen MR) is 57.3 cm³/mol. The molecule has 4 nitrogen and oxygen atoms in total. The third-order valence-corrected chi connectivity index (χ3v) is 2.68. The molecule has 1 aromatic rings. The average molecular weight is 210 g/mol. The molecule has 1 atom stereocenters. The summed E-state index contributed by atoms with van der Waals surface area (Å²) in [7, 11) is 0. The highest BCUT2D eigenvalue weighted by atomic mass is 16.5. The molecule has 1 aromatic heterocycles. The zero-order valence-electron chi connectivity index (χ0n) is 9.76. The minimum Gasteiger partial charge on any atom is -0.361 e. The SMILES string of the molecule is CCC(C)C(=O)NCc1c(C)noc1C. The first-order chi connectivity index (χ1) is 7.06. The molecule has 0 bridgehead atoms. The standard InChI is InChI=1S/C11H18N2O2/c1-5-7(2)11(14)12-6-10-8(3)13-15-9(10)4/h7H,5-6H2,1-4H3,(H,12,14). The number of rotatable bonds is 4. The van der Waals surface area contributed by atoms with Crippen molar-refractivity contribution >= 4 is 5.91 Å². The minimum absolute atomic E-state index is 0.0606. The molecule has 1 N–H and O–H groups in total. The lowest BCUT2D eigenvalue weighted by Gasteiger charge is -2.09. The first-order valence-corrected chi connectivity index (χ1v) is 5.25. The van der Waals surface area contributed by atoms with Crippen molar-refractivity contribution in [2.75, 3.05) is 0 Å². The topological polar surface area (TPSA) is 55.1 Å². The molecule has 0 saturated heterocycles. The molecule has 0 aliphatic heterocycles. The zero-order valence-corrected chi connectivity index (χ0v) is 9.76. The molecule has 1 amide bonds. The number of hydrogen-bond donors (Lipinski definition) is 1. The number of aryl methyl sites for hydroxylation is 2. The molecule has 0 aliphatic carbocycles. The molecule has 0 aromatic carbocycles. The van der Waals surface area contributed by atoms with Gasteiger partial charge in [0.05, 0.1) is 5.69 Å². The Balaban J connectivity index is 2.54. The van der Waals surface area contributed by atoms with Gasteiger partial charge < -0.3 is 9.84 Å². The van der Waals surface area contributed by atoms with E-state index < -0.39 is 0 Å². The Bertz CT molecular complexity index is 325. The summed E-state index contributed by atoms with van der Waals surface area (Å²) in [6, 6.07) is 0. The highest BCUT2D eigenvalue weighted by Crippen LogP contribution is 2.11. The van der Waals surface area contributed by atoms with E-state index in [1.807, 2.05) is 27.7 Å². The van der Waals surface area contributed by atoms with E-state index in [1.165, 1.54) is 0 Å². The van der Waals surface area contributed by atoms with E-state index in [2.05, 4.69) is 10.5 Å². The van der Waals surface area contributed by atoms with Crippen molar-refractivity contribution in [2.45, 2.75) is 40.7 Å². The maximum atomic E-state index is 11.5. The molecule has 0 aliphatic rings. The molecule has 0 spiro atoms. The van der Waals surface area contributed by atoms with E-state index >= 15 is 0 Å². The van der Waals surface area contributed by atoms with Gasteiger partial charge in [-0.15, -0.1) is 0 Å². The maximum absolute atomic E-state index is 11.5. The Hall–Kier alpha value is -1.32. The summed E-state index contributed by atoms with van der Waals surface area (Å²) < 4.78 is 5.01. The quantitative estimate of drug-likeness (QED) is 0.826. The Morgan fingerprint density at radius 3 is 2.67 bits per heavy atom. The third kappa shape index (κ3) is 2.81. The predicted octanol–water partition coefficient (Wildman–Crippen LogP) is 1.95. The van der Waals surface area contributed by atoms with Crippen molar-refractivity contribution in [3.05, 3.63) is 17.0 Å². The van der Waals surface area contributed by atoms with Crippen LogP contribution in [-0.2, 0) is 11.3 Å². The van der Waals surface area contributed by atoms with Gasteiger partial charge in [-0.1, -0.05) is 19.0 Å². The first-order valence-electron chi connectivity index (χ1n) is 5.25. The lowest BCUT2D eigenvalue weighted by Crippen LogP contribution is -2.28. The van der Waals surface area contributed by atoms with Gasteiger partial charge in [0.1, 0.15) is 5.76 Å². The normalized spacial score (nSPS) is 12.5. The van der Waals surface area contributed by atoms with Crippen LogP contribution in [0, 0.1) is 19.8 Å². The molecule has 1 rings (SSSR count). The highest BCUT2D eigenvalue weighted by Gasteiger charge is 2.13. The van der Waals surface area contributed by atoms with Gasteiger partial charge in [-0.05, 0) is 20.3 Å². The Morgan fingerprint density at radius 1 is 1.53 bits per heavy atom. The fraction of sp³-hybridized carbons (Fsp3) is 0.636. The number of amides is 1. The largest absolute Gasteiger partial charge is 0.361 e. The summed E-state index contributed by atoms with van der Waals surface area (Å²) in [6.45, 7) is 8.15. The zero-order chi connectivity index (χ0) is 11.4. The van der Waals surface area contributed by atoms with Gasteiger partial charge in [-0.25, -0.2) is 0 Å². The lowest BCUT2D eigenvalue weighted by molar-refractivity contribution is -0.124. The molecule has 0 saturated carbocycles. The van der Waals surface area contributed by atoms with Crippen LogP contribution in [0.25, 0.3) is 0 Å². The Kier molecular flexibility index (Phi) is 3.88. The number of hydrogen-bond acceptors (Lipinski definition) is 3. The Labute approximate surface area is 90.0 Å². The van der Waals surface area contributed by atoms with E-state index in [9.17, 15) is 4.79 Å². The summed E-state index contributed by atoms with van der Waals surface area (Å²) in [6.07, 6.45) is 0.855. The van der Waals surface area contributed by atoms with Crippen molar-refractivity contribution in [3.8, 4) is 0 Å². The molecule has 4 heteroatoms. The summed E-state index contributed by atoms with van der Waals surface area (Å²) in [4.78, 5) is 11.5. The van der Waals surface area contributed by atoms with E-state index in [1.54, 1.807) is 0 Å². The summed E-state index contributed by atoms with van der Waals surface area (Å²) >= 11 is 0. The number of nitrogens with one attached hydrogen (secondary N) is 1. The van der Waals surface area contributed by atoms with Crippen LogP contribution < -0.4 is 5.32 Å². The maximum Gasteiger partial charge on any atom is 0.223 e. The van der Waals surface area contributed by atoms with Gasteiger partial charge in [0.2, 0.25) is 5.91 Å². The van der Waals surface area contributed by atoms with Crippen LogP contribution in [-0.4, -0.2) is 11.1 Å². The van der Waals surface area contributed by atoms with Crippen LogP contribution in [0.5, 0.6) is 0 Å². The molecule has 0 radical (unpaired) electrons. The third-order valence-electron chi connectivity index (χ3n) is 2.68. The molecular weight excluding hydrogens is 192 g/mol. The van der Waals surface area contributed by atoms with Crippen LogP contribution in [0.1, 0.15) is 37.3 Å². The average Bonchev–Trinajstić information content (AvgIpc) is 2.54. The van der Waals surface area contributed by atoms with Crippen molar-refractivity contribution < 1.29 is 9.32 Å². The molecule has 1 heterocycles. The van der Waals surface area contributed by atoms with Crippen LogP contribution in [0.3, 0.4) is 0 Å². The number of nitrogens with zero attached hydrogens (tertiary/aromatic N) is 1. The molecule has 15 heavy (non-hydrogen) atoms. The van der Waals surface area contributed by atoms with E-state index in [0.717, 1.165) is 23.4 Å². The van der Waals surface area contributed by atoms with Crippen molar-refractivity contribution in [3.63, 3.8) is 0 Å². The molecule has 84 valence electrons. The summed E-state index contributed by atoms with van der Waals surface area (Å²) in [5, 5.41) is 6.71. The van der Waals surface area contributed by atoms with Crippen LogP contribution in [0.4, 0.5) is 0 Å². The second-order valence-electron chi connectivity index (χ2n) is 3.83. The van der Waals surface area contributed by atoms with Gasteiger partial charge in [0, 0.05) is 18.0 Å². The van der Waals surface area contributed by atoms with Crippen LogP contribution in [0.2, 0.25) is 0 Å². The van der Waals surface area contributed by atoms with E-state index in [4.69, 9.17) is 4.52 Å². The van der Waals surface area contributed by atoms with Gasteiger partial charge in [-0.2, -0.15) is 0 Å². The van der Waals surface area contributed by atoms with Crippen LogP contribution in [0.15, 0.2) is 4.52 Å². The summed E-state index contributed by atoms with van der Waals surface area (Å²) in [5.74, 6) is 0.917. The minimum atomic E-state index is 0.0606. The highest BCUT2D eigenvalue weighted by molar-refractivity contribution is 5.78. The fourth-order valence-corrected chi connectivity index (χ4v) is 1.29. The fourth-order valence-electron chi connectivity index (χ4n) is 1.29. The summed E-state index contributed by atoms with van der Waals surface area (Å²) in [5.41, 5.74) is 1.82. The van der Waals surface area contributed by atoms with Crippen molar-refractivity contribution in [2.24, 2.45) is 5.92 Å². The molecule has 0 fully saturated rings. The smallest absolute Gasteiger partial charge is 0.223 e. The van der Waals surface area contributed by atoms with Gasteiger partial charge in [0.15, 0.2) is 0 Å². The second kappa shape index (κ2) is 4.96. The lowest BCUT2D eigenvalue weighted by atomic mass is 10.1. The second-order valence-corrected chi connectivity index (χ2v) is 3.83. The first kappa shape index (κ1) is 11.8. The van der Waals surface area contributed by atoms with Gasteiger partial charge in [0.25, 0.3) is 0 Å².